The lowest BCUT2D eigenvalue weighted by molar-refractivity contribution is -0.742. The Balaban J connectivity index is 0.000000305. The lowest BCUT2D eigenvalue weighted by atomic mass is 10.1. The van der Waals surface area contributed by atoms with E-state index in [9.17, 15) is 14.9 Å². The first kappa shape index (κ1) is 49.3. The predicted molar refractivity (Wildman–Crippen MR) is 224 cm³/mol. The molecule has 2 aromatic heterocycles. The average Bonchev–Trinajstić information content (AvgIpc) is 3.81. The molecule has 0 saturated heterocycles. The van der Waals surface area contributed by atoms with Crippen LogP contribution in [0.2, 0.25) is 20.1 Å². The summed E-state index contributed by atoms with van der Waals surface area (Å²) in [6.07, 6.45) is 6.22. The van der Waals surface area contributed by atoms with Gasteiger partial charge in [-0.3, -0.25) is 9.69 Å². The first-order chi connectivity index (χ1) is 27.5. The van der Waals surface area contributed by atoms with Gasteiger partial charge in [0.1, 0.15) is 18.8 Å². The van der Waals surface area contributed by atoms with Crippen molar-refractivity contribution in [1.29, 1.82) is 0 Å². The normalized spacial score (nSPS) is 10.9. The molecule has 3 N–H and O–H groups in total. The molecular formula is C38H46Cl4N8O8. The van der Waals surface area contributed by atoms with Gasteiger partial charge in [0.2, 0.25) is 5.91 Å². The number of nitro groups is 1. The van der Waals surface area contributed by atoms with Crippen molar-refractivity contribution in [2.75, 3.05) is 31.6 Å². The summed E-state index contributed by atoms with van der Waals surface area (Å²) in [5.74, 6) is 0.517. The zero-order chi connectivity index (χ0) is 43.4. The number of imidazole rings is 2. The largest absolute Gasteiger partial charge is 0.392 e. The number of halogens is 4. The number of aliphatic hydroxyl groups excluding tert-OH is 1. The highest BCUT2D eigenvalue weighted by Crippen LogP contribution is 2.31. The Hall–Kier alpha value is -4.81. The fraction of sp³-hybridized carbons (Fsp3) is 0.342. The van der Waals surface area contributed by atoms with Crippen molar-refractivity contribution in [1.82, 2.24) is 24.0 Å². The van der Waals surface area contributed by atoms with Crippen molar-refractivity contribution in [2.24, 2.45) is 0 Å². The van der Waals surface area contributed by atoms with Crippen LogP contribution in [0.4, 0.5) is 11.5 Å². The molecular weight excluding hydrogens is 838 g/mol. The molecule has 2 heterocycles. The molecule has 0 bridgehead atoms. The van der Waals surface area contributed by atoms with E-state index in [1.54, 1.807) is 43.7 Å². The van der Waals surface area contributed by atoms with Crippen LogP contribution in [0.5, 0.6) is 0 Å². The number of carbonyl (C=O) groups is 1. The Morgan fingerprint density at radius 2 is 1.57 bits per heavy atom. The van der Waals surface area contributed by atoms with Crippen LogP contribution in [0.3, 0.4) is 0 Å². The summed E-state index contributed by atoms with van der Waals surface area (Å²) in [5.41, 5.74) is 4.87. The molecule has 1 unspecified atom stereocenters. The van der Waals surface area contributed by atoms with E-state index >= 15 is 0 Å². The van der Waals surface area contributed by atoms with Crippen LogP contribution >= 0.6 is 46.4 Å². The minimum atomic E-state index is -1.50. The van der Waals surface area contributed by atoms with Crippen molar-refractivity contribution in [3.63, 3.8) is 0 Å². The first-order valence-corrected chi connectivity index (χ1v) is 19.2. The van der Waals surface area contributed by atoms with Crippen LogP contribution in [-0.4, -0.2) is 76.5 Å². The highest BCUT2D eigenvalue weighted by atomic mass is 35.5. The number of para-hydroxylation sites is 1. The Morgan fingerprint density at radius 3 is 2.09 bits per heavy atom. The highest BCUT2D eigenvalue weighted by Gasteiger charge is 2.18. The van der Waals surface area contributed by atoms with Gasteiger partial charge in [0.15, 0.2) is 5.82 Å². The third kappa shape index (κ3) is 17.0. The third-order valence-electron chi connectivity index (χ3n) is 8.25. The van der Waals surface area contributed by atoms with Gasteiger partial charge in [0.25, 0.3) is 5.09 Å². The molecule has 16 nitrogen and oxygen atoms in total. The number of nitrogens with one attached hydrogen (secondary N) is 1. The molecule has 58 heavy (non-hydrogen) atoms. The number of amides is 1. The van der Waals surface area contributed by atoms with Crippen LogP contribution in [0, 0.1) is 41.0 Å². The number of rotatable bonds is 14. The molecule has 3 aromatic carbocycles. The fourth-order valence-electron chi connectivity index (χ4n) is 5.24. The molecule has 1 atom stereocenters. The summed E-state index contributed by atoms with van der Waals surface area (Å²) >= 11 is 24.5. The van der Waals surface area contributed by atoms with Crippen molar-refractivity contribution in [2.45, 2.75) is 60.4 Å². The van der Waals surface area contributed by atoms with Gasteiger partial charge in [-0.05, 0) is 72.8 Å². The summed E-state index contributed by atoms with van der Waals surface area (Å²) in [5, 5.41) is 37.9. The van der Waals surface area contributed by atoms with E-state index in [2.05, 4.69) is 34.0 Å². The number of ether oxygens (including phenoxy) is 1. The number of hydrogen-bond acceptors (Lipinski definition) is 10. The summed E-state index contributed by atoms with van der Waals surface area (Å²) < 4.78 is 9.42. The van der Waals surface area contributed by atoms with E-state index in [1.807, 2.05) is 54.9 Å². The molecule has 20 heteroatoms. The van der Waals surface area contributed by atoms with Gasteiger partial charge in [-0.25, -0.2) is 14.5 Å². The lowest BCUT2D eigenvalue weighted by Gasteiger charge is -2.21. The number of aryl methyl sites for hydroxylation is 3. The summed E-state index contributed by atoms with van der Waals surface area (Å²) in [7, 11) is 0. The Labute approximate surface area is 356 Å². The van der Waals surface area contributed by atoms with Gasteiger partial charge in [-0.2, -0.15) is 0 Å². The monoisotopic (exact) mass is 882 g/mol. The van der Waals surface area contributed by atoms with Crippen LogP contribution in [0.25, 0.3) is 0 Å². The van der Waals surface area contributed by atoms with Crippen LogP contribution in [0.1, 0.15) is 48.0 Å². The zero-order valence-electron chi connectivity index (χ0n) is 32.5. The maximum absolute atomic E-state index is 11.9. The molecule has 0 radical (unpaired) electrons. The SMILES string of the molecule is CCN(CC)CC(=O)Nc1c(C)cccc1C.Cc1ncc([N+](=O)[O-])n1CCO.Clc1ccc(COC(Cn2ccnc2)c2ccc(Cl)cc2Cl)c(Cl)c1.O=[N+]([O-])O. The highest BCUT2D eigenvalue weighted by molar-refractivity contribution is 6.35. The van der Waals surface area contributed by atoms with Crippen molar-refractivity contribution in [3.8, 4) is 0 Å². The van der Waals surface area contributed by atoms with Crippen molar-refractivity contribution < 1.29 is 29.9 Å². The Kier molecular flexibility index (Phi) is 21.7. The van der Waals surface area contributed by atoms with Gasteiger partial charge in [0.05, 0.1) is 32.6 Å². The number of anilines is 1. The maximum atomic E-state index is 11.9. The summed E-state index contributed by atoms with van der Waals surface area (Å²) in [6.45, 7) is 13.0. The van der Waals surface area contributed by atoms with Gasteiger partial charge in [-0.1, -0.05) is 90.6 Å². The molecule has 0 aliphatic heterocycles. The van der Waals surface area contributed by atoms with Gasteiger partial charge in [-0.15, -0.1) is 10.1 Å². The predicted octanol–water partition coefficient (Wildman–Crippen LogP) is 8.78. The van der Waals surface area contributed by atoms with E-state index in [0.717, 1.165) is 41.0 Å². The zero-order valence-corrected chi connectivity index (χ0v) is 35.5. The molecule has 1 amide bonds. The summed E-state index contributed by atoms with van der Waals surface area (Å²) in [4.78, 5) is 40.0. The Morgan fingerprint density at radius 1 is 0.966 bits per heavy atom. The van der Waals surface area contributed by atoms with E-state index in [1.165, 1.54) is 10.8 Å². The number of likely N-dealkylation sites (N-methyl/N-ethyl adjacent to an activating group) is 1. The molecule has 0 saturated carbocycles. The van der Waals surface area contributed by atoms with E-state index in [-0.39, 0.29) is 31.0 Å². The number of nitrogens with zero attached hydrogens (tertiary/aromatic N) is 7. The van der Waals surface area contributed by atoms with Crippen LogP contribution < -0.4 is 5.32 Å². The second-order valence-corrected chi connectivity index (χ2v) is 14.0. The first-order valence-electron chi connectivity index (χ1n) is 17.7. The average molecular weight is 885 g/mol. The molecule has 314 valence electrons. The van der Waals surface area contributed by atoms with E-state index in [4.69, 9.17) is 71.6 Å². The number of carbonyl (C=O) groups excluding carboxylic acids is 1. The molecule has 0 fully saturated rings. The quantitative estimate of drug-likeness (QED) is 0.0710. The van der Waals surface area contributed by atoms with Crippen molar-refractivity contribution in [3.05, 3.63) is 148 Å². The molecule has 0 spiro atoms. The van der Waals surface area contributed by atoms with Gasteiger partial charge < -0.3 is 35.0 Å². The topological polar surface area (TPSA) is 204 Å². The standard InChI is InChI=1S/C18H14Cl4N2O.C14H22N2O.C6H9N3O3.HNO3/c19-13-2-1-12(16(21)7-13)10-25-18(9-24-6-5-23-11-24)15-4-3-14(20)8-17(15)22;1-5-16(6-2)10-13(17)15-14-11(3)8-7-9-12(14)4;1-5-7-4-6(9(11)12)8(5)2-3-10;2-1(3)4/h1-8,11,18H,9-10H2;7-9H,5-6,10H2,1-4H3,(H,15,17);4,10H,2-3H2,1H3;(H,2,3,4). The third-order valence-corrected chi connectivity index (χ3v) is 9.40. The fourth-order valence-corrected chi connectivity index (χ4v) is 6.23. The molecule has 5 aromatic rings. The number of hydrogen-bond donors (Lipinski definition) is 3. The van der Waals surface area contributed by atoms with Gasteiger partial charge in [0, 0.05) is 50.7 Å². The maximum Gasteiger partial charge on any atom is 0.342 e. The van der Waals surface area contributed by atoms with Crippen LogP contribution in [-0.2, 0) is 29.2 Å². The number of benzene rings is 3. The number of aliphatic hydroxyl groups is 1. The molecule has 0 aliphatic carbocycles. The smallest absolute Gasteiger partial charge is 0.342 e. The molecule has 5 rings (SSSR count). The van der Waals surface area contributed by atoms with Gasteiger partial charge >= 0.3 is 5.82 Å². The summed E-state index contributed by atoms with van der Waals surface area (Å²) in [6, 6.07) is 16.7. The number of aromatic nitrogens is 4. The van der Waals surface area contributed by atoms with E-state index in [0.29, 0.717) is 45.6 Å². The Bertz CT molecular complexity index is 2040. The second kappa shape index (κ2) is 25.5. The minimum Gasteiger partial charge on any atom is -0.392 e. The lowest BCUT2D eigenvalue weighted by Crippen LogP contribution is -2.33. The van der Waals surface area contributed by atoms with Crippen molar-refractivity contribution >= 4 is 63.8 Å². The van der Waals surface area contributed by atoms with E-state index < -0.39 is 10.0 Å². The minimum absolute atomic E-state index is 0.0612. The second-order valence-electron chi connectivity index (χ2n) is 12.3. The van der Waals surface area contributed by atoms with Crippen LogP contribution in [0.15, 0.2) is 79.5 Å². The molecule has 0 aliphatic rings.